The highest BCUT2D eigenvalue weighted by Gasteiger charge is 2.37. The minimum Gasteiger partial charge on any atom is -0.481 e. The maximum absolute atomic E-state index is 12.8. The van der Waals surface area contributed by atoms with Crippen LogP contribution in [0.25, 0.3) is 0 Å². The smallest absolute Gasteiger partial charge is 0.252 e. The summed E-state index contributed by atoms with van der Waals surface area (Å²) < 4.78 is 16.0. The maximum atomic E-state index is 12.8. The number of morpholine rings is 1. The molecule has 0 aliphatic carbocycles. The fourth-order valence-electron chi connectivity index (χ4n) is 2.79. The highest BCUT2D eigenvalue weighted by Crippen LogP contribution is 2.29. The summed E-state index contributed by atoms with van der Waals surface area (Å²) >= 11 is 0. The molecule has 1 saturated heterocycles. The normalized spacial score (nSPS) is 20.9. The van der Waals surface area contributed by atoms with Gasteiger partial charge >= 0.3 is 0 Å². The quantitative estimate of drug-likeness (QED) is 0.833. The number of hydrogen-bond donors (Lipinski definition) is 0. The average Bonchev–Trinajstić information content (AvgIpc) is 3.00. The lowest BCUT2D eigenvalue weighted by Gasteiger charge is -2.37. The van der Waals surface area contributed by atoms with Crippen LogP contribution in [-0.2, 0) is 16.0 Å². The van der Waals surface area contributed by atoms with Crippen molar-refractivity contribution < 1.29 is 18.8 Å². The second-order valence-electron chi connectivity index (χ2n) is 5.64. The van der Waals surface area contributed by atoms with Crippen molar-refractivity contribution in [2.45, 2.75) is 32.4 Å². The number of carbonyl (C=O) groups excluding carboxylic acids is 1. The fraction of sp³-hybridized carbons (Fsp3) is 0.500. The molecule has 3 heterocycles. The van der Waals surface area contributed by atoms with Crippen molar-refractivity contribution in [3.63, 3.8) is 0 Å². The third-order valence-corrected chi connectivity index (χ3v) is 3.93. The van der Waals surface area contributed by atoms with Crippen LogP contribution >= 0.6 is 0 Å². The van der Waals surface area contributed by atoms with Gasteiger partial charge in [-0.05, 0) is 19.9 Å². The Balaban J connectivity index is 1.80. The van der Waals surface area contributed by atoms with Gasteiger partial charge in [0.1, 0.15) is 6.04 Å². The molecular weight excluding hydrogens is 312 g/mol. The number of carbonyl (C=O) groups is 1. The Bertz CT molecular complexity index is 718. The van der Waals surface area contributed by atoms with Crippen molar-refractivity contribution in [2.24, 2.45) is 0 Å². The molecule has 2 aromatic rings. The van der Waals surface area contributed by atoms with Crippen molar-refractivity contribution in [3.8, 4) is 5.88 Å². The van der Waals surface area contributed by atoms with Crippen LogP contribution in [-0.4, -0.2) is 52.3 Å². The highest BCUT2D eigenvalue weighted by atomic mass is 16.5. The first-order chi connectivity index (χ1) is 11.6. The standard InChI is InChI=1S/C16H20N4O4/c1-10-15(16-17-11(2)19-24-16)20(7-8-23-10)14(21)9-12-5-4-6-13(18-12)22-3/h4-6,10,15H,7-9H2,1-3H3/t10-,15+/m1/s1. The van der Waals surface area contributed by atoms with Gasteiger partial charge in [0, 0.05) is 12.6 Å². The number of pyridine rings is 1. The van der Waals surface area contributed by atoms with Crippen LogP contribution in [0.5, 0.6) is 5.88 Å². The molecule has 1 amide bonds. The Kier molecular flexibility index (Phi) is 4.75. The van der Waals surface area contributed by atoms with Crippen molar-refractivity contribution >= 4 is 5.91 Å². The first-order valence-corrected chi connectivity index (χ1v) is 7.79. The second kappa shape index (κ2) is 6.96. The molecule has 0 saturated carbocycles. The molecule has 8 heteroatoms. The van der Waals surface area contributed by atoms with Crippen molar-refractivity contribution in [1.82, 2.24) is 20.0 Å². The molecule has 3 rings (SSSR count). The zero-order valence-electron chi connectivity index (χ0n) is 13.9. The van der Waals surface area contributed by atoms with E-state index in [-0.39, 0.29) is 18.4 Å². The van der Waals surface area contributed by atoms with E-state index in [2.05, 4.69) is 15.1 Å². The molecule has 8 nitrogen and oxygen atoms in total. The number of nitrogens with zero attached hydrogens (tertiary/aromatic N) is 4. The lowest BCUT2D eigenvalue weighted by Crippen LogP contribution is -2.48. The number of aromatic nitrogens is 3. The largest absolute Gasteiger partial charge is 0.481 e. The van der Waals surface area contributed by atoms with Crippen LogP contribution in [0.3, 0.4) is 0 Å². The lowest BCUT2D eigenvalue weighted by atomic mass is 10.1. The van der Waals surface area contributed by atoms with Crippen molar-refractivity contribution in [3.05, 3.63) is 35.6 Å². The van der Waals surface area contributed by atoms with Crippen LogP contribution in [0.1, 0.15) is 30.4 Å². The second-order valence-corrected chi connectivity index (χ2v) is 5.64. The Hall–Kier alpha value is -2.48. The topological polar surface area (TPSA) is 90.6 Å². The molecule has 0 spiro atoms. The molecular formula is C16H20N4O4. The summed E-state index contributed by atoms with van der Waals surface area (Å²) in [4.78, 5) is 23.1. The van der Waals surface area contributed by atoms with Gasteiger partial charge in [-0.3, -0.25) is 4.79 Å². The average molecular weight is 332 g/mol. The molecule has 1 fully saturated rings. The summed E-state index contributed by atoms with van der Waals surface area (Å²) in [5, 5.41) is 3.82. The first-order valence-electron chi connectivity index (χ1n) is 7.79. The number of rotatable bonds is 4. The number of hydrogen-bond acceptors (Lipinski definition) is 7. The van der Waals surface area contributed by atoms with Gasteiger partial charge < -0.3 is 18.9 Å². The summed E-state index contributed by atoms with van der Waals surface area (Å²) in [5.74, 6) is 1.35. The molecule has 0 aromatic carbocycles. The van der Waals surface area contributed by atoms with Gasteiger partial charge in [0.15, 0.2) is 5.82 Å². The van der Waals surface area contributed by atoms with Gasteiger partial charge in [-0.1, -0.05) is 11.2 Å². The van der Waals surface area contributed by atoms with E-state index < -0.39 is 6.04 Å². The van der Waals surface area contributed by atoms with Crippen LogP contribution in [0.2, 0.25) is 0 Å². The molecule has 0 N–H and O–H groups in total. The molecule has 0 bridgehead atoms. The Morgan fingerprint density at radius 1 is 1.42 bits per heavy atom. The van der Waals surface area contributed by atoms with Crippen LogP contribution in [0, 0.1) is 6.92 Å². The molecule has 1 aliphatic heterocycles. The number of ether oxygens (including phenoxy) is 2. The minimum atomic E-state index is -0.391. The maximum Gasteiger partial charge on any atom is 0.252 e. The van der Waals surface area contributed by atoms with Gasteiger partial charge in [0.05, 0.1) is 31.9 Å². The summed E-state index contributed by atoms with van der Waals surface area (Å²) in [6, 6.07) is 4.97. The Morgan fingerprint density at radius 2 is 2.25 bits per heavy atom. The van der Waals surface area contributed by atoms with E-state index in [1.807, 2.05) is 13.0 Å². The number of aryl methyl sites for hydroxylation is 1. The third kappa shape index (κ3) is 3.38. The van der Waals surface area contributed by atoms with Crippen molar-refractivity contribution in [2.75, 3.05) is 20.3 Å². The summed E-state index contributed by atoms with van der Waals surface area (Å²) in [5.41, 5.74) is 0.652. The first kappa shape index (κ1) is 16.4. The number of amides is 1. The molecule has 2 atom stereocenters. The molecule has 1 aliphatic rings. The van der Waals surface area contributed by atoms with Gasteiger partial charge in [-0.2, -0.15) is 4.98 Å². The van der Waals surface area contributed by atoms with Gasteiger partial charge in [0.2, 0.25) is 11.8 Å². The van der Waals surface area contributed by atoms with Gasteiger partial charge in [-0.15, -0.1) is 0 Å². The lowest BCUT2D eigenvalue weighted by molar-refractivity contribution is -0.146. The van der Waals surface area contributed by atoms with Crippen LogP contribution in [0.15, 0.2) is 22.7 Å². The van der Waals surface area contributed by atoms with E-state index in [0.29, 0.717) is 36.4 Å². The third-order valence-electron chi connectivity index (χ3n) is 3.93. The molecule has 128 valence electrons. The Morgan fingerprint density at radius 3 is 2.96 bits per heavy atom. The summed E-state index contributed by atoms with van der Waals surface area (Å²) in [6.07, 6.45) is -0.0473. The predicted octanol–water partition coefficient (Wildman–Crippen LogP) is 1.31. The predicted molar refractivity (Wildman–Crippen MR) is 83.4 cm³/mol. The van der Waals surface area contributed by atoms with Gasteiger partial charge in [-0.25, -0.2) is 4.98 Å². The van der Waals surface area contributed by atoms with Crippen LogP contribution in [0.4, 0.5) is 0 Å². The summed E-state index contributed by atoms with van der Waals surface area (Å²) in [7, 11) is 1.55. The van der Waals surface area contributed by atoms with E-state index in [1.54, 1.807) is 31.1 Å². The van der Waals surface area contributed by atoms with E-state index in [4.69, 9.17) is 14.0 Å². The highest BCUT2D eigenvalue weighted by molar-refractivity contribution is 5.79. The van der Waals surface area contributed by atoms with Gasteiger partial charge in [0.25, 0.3) is 5.89 Å². The van der Waals surface area contributed by atoms with E-state index in [0.717, 1.165) is 0 Å². The molecule has 0 radical (unpaired) electrons. The van der Waals surface area contributed by atoms with E-state index in [9.17, 15) is 4.79 Å². The molecule has 24 heavy (non-hydrogen) atoms. The molecule has 0 unspecified atom stereocenters. The number of methoxy groups -OCH3 is 1. The summed E-state index contributed by atoms with van der Waals surface area (Å²) in [6.45, 7) is 4.59. The van der Waals surface area contributed by atoms with Crippen molar-refractivity contribution in [1.29, 1.82) is 0 Å². The SMILES string of the molecule is COc1cccc(CC(=O)N2CCO[C@H](C)[C@H]2c2nc(C)no2)n1. The van der Waals surface area contributed by atoms with Crippen LogP contribution < -0.4 is 4.74 Å². The monoisotopic (exact) mass is 332 g/mol. The van der Waals surface area contributed by atoms with E-state index >= 15 is 0 Å². The zero-order valence-corrected chi connectivity index (χ0v) is 13.9. The Labute approximate surface area is 139 Å². The van der Waals surface area contributed by atoms with E-state index in [1.165, 1.54) is 0 Å². The fourth-order valence-corrected chi connectivity index (χ4v) is 2.79. The molecule has 2 aromatic heterocycles. The zero-order chi connectivity index (χ0) is 17.1. The minimum absolute atomic E-state index is 0.0632.